The number of amides is 1. The molecule has 4 nitrogen and oxygen atoms in total. The zero-order valence-electron chi connectivity index (χ0n) is 37.1. The molecule has 0 aliphatic heterocycles. The van der Waals surface area contributed by atoms with Crippen LogP contribution in [0, 0.1) is 0 Å². The first-order chi connectivity index (χ1) is 27.7. The largest absolute Gasteiger partial charge is 0.394 e. The second-order valence-electron chi connectivity index (χ2n) is 16.2. The molecule has 4 heteroatoms. The molecule has 2 unspecified atom stereocenters. The molecule has 0 aromatic rings. The Morgan fingerprint density at radius 2 is 0.786 bits per heavy atom. The van der Waals surface area contributed by atoms with Crippen molar-refractivity contribution in [2.24, 2.45) is 0 Å². The second-order valence-corrected chi connectivity index (χ2v) is 16.2. The lowest BCUT2D eigenvalue weighted by Crippen LogP contribution is -2.45. The van der Waals surface area contributed by atoms with Gasteiger partial charge in [0.2, 0.25) is 5.91 Å². The van der Waals surface area contributed by atoms with Crippen LogP contribution in [-0.2, 0) is 4.79 Å². The summed E-state index contributed by atoms with van der Waals surface area (Å²) < 4.78 is 0. The monoisotopic (exact) mass is 780 g/mol. The van der Waals surface area contributed by atoms with E-state index < -0.39 is 12.1 Å². The smallest absolute Gasteiger partial charge is 0.220 e. The Bertz CT molecular complexity index is 977. The van der Waals surface area contributed by atoms with Crippen LogP contribution in [0.1, 0.15) is 232 Å². The SMILES string of the molecule is CC/C=C\C/C=C\C/C=C\C/C=C\C/C=C\C/C=C\CCCCCCCCCCCCCCCCCCCCC(=O)NC(CO)C(O)CCCCCCCCC. The van der Waals surface area contributed by atoms with Crippen molar-refractivity contribution in [3.63, 3.8) is 0 Å². The Balaban J connectivity index is 3.42. The van der Waals surface area contributed by atoms with Gasteiger partial charge < -0.3 is 15.5 Å². The Morgan fingerprint density at radius 1 is 0.446 bits per heavy atom. The number of hydrogen-bond acceptors (Lipinski definition) is 3. The van der Waals surface area contributed by atoms with E-state index in [0.29, 0.717) is 12.8 Å². The molecule has 324 valence electrons. The molecule has 0 aromatic heterocycles. The Labute approximate surface area is 349 Å². The van der Waals surface area contributed by atoms with Gasteiger partial charge in [-0.05, 0) is 64.2 Å². The fraction of sp³-hybridized carbons (Fsp3) is 0.750. The molecule has 0 fully saturated rings. The molecule has 0 heterocycles. The van der Waals surface area contributed by atoms with E-state index in [2.05, 4.69) is 92.1 Å². The number of aliphatic hydroxyl groups excluding tert-OH is 2. The lowest BCUT2D eigenvalue weighted by molar-refractivity contribution is -0.123. The van der Waals surface area contributed by atoms with Crippen molar-refractivity contribution in [1.29, 1.82) is 0 Å². The van der Waals surface area contributed by atoms with Crippen molar-refractivity contribution in [1.82, 2.24) is 5.32 Å². The van der Waals surface area contributed by atoms with Crippen molar-refractivity contribution in [3.8, 4) is 0 Å². The van der Waals surface area contributed by atoms with E-state index in [1.165, 1.54) is 141 Å². The molecule has 0 bridgehead atoms. The Hall–Kier alpha value is -2.17. The highest BCUT2D eigenvalue weighted by Crippen LogP contribution is 2.16. The first-order valence-corrected chi connectivity index (χ1v) is 24.1. The van der Waals surface area contributed by atoms with E-state index in [0.717, 1.165) is 64.2 Å². The average molecular weight is 780 g/mol. The topological polar surface area (TPSA) is 69.6 Å². The summed E-state index contributed by atoms with van der Waals surface area (Å²) in [5, 5.41) is 23.0. The zero-order valence-corrected chi connectivity index (χ0v) is 37.1. The average Bonchev–Trinajstić information content (AvgIpc) is 3.20. The molecular formula is C52H93NO3. The molecule has 2 atom stereocenters. The van der Waals surface area contributed by atoms with Crippen molar-refractivity contribution < 1.29 is 15.0 Å². The van der Waals surface area contributed by atoms with Crippen LogP contribution in [0.15, 0.2) is 72.9 Å². The van der Waals surface area contributed by atoms with Gasteiger partial charge in [-0.3, -0.25) is 4.79 Å². The minimum Gasteiger partial charge on any atom is -0.394 e. The van der Waals surface area contributed by atoms with Gasteiger partial charge in [-0.1, -0.05) is 234 Å². The minimum atomic E-state index is -0.657. The van der Waals surface area contributed by atoms with Crippen LogP contribution in [0.5, 0.6) is 0 Å². The summed E-state index contributed by atoms with van der Waals surface area (Å²) in [6.07, 6.45) is 67.4. The van der Waals surface area contributed by atoms with Gasteiger partial charge in [-0.2, -0.15) is 0 Å². The van der Waals surface area contributed by atoms with Crippen molar-refractivity contribution >= 4 is 5.91 Å². The number of nitrogens with one attached hydrogen (secondary N) is 1. The maximum atomic E-state index is 12.3. The first-order valence-electron chi connectivity index (χ1n) is 24.1. The van der Waals surface area contributed by atoms with Crippen molar-refractivity contribution in [3.05, 3.63) is 72.9 Å². The Kier molecular flexibility index (Phi) is 45.4. The minimum absolute atomic E-state index is 0.0360. The van der Waals surface area contributed by atoms with Crippen LogP contribution in [0.4, 0.5) is 0 Å². The standard InChI is InChI=1S/C52H93NO3/c1-3-5-7-9-11-12-13-14-15-16-17-18-19-20-21-22-23-24-25-26-27-28-29-30-31-32-33-34-35-36-37-38-39-40-42-44-46-48-52(56)53-50(49-54)51(55)47-45-43-41-10-8-6-4-2/h5,7,11-12,14-15,17-18,20-21,23-24,50-51,54-55H,3-4,6,8-10,13,16,19,22,25-49H2,1-2H3,(H,53,56)/b7-5-,12-11-,15-14-,18-17-,21-20-,24-23-. The number of hydrogen-bond donors (Lipinski definition) is 3. The predicted molar refractivity (Wildman–Crippen MR) is 248 cm³/mol. The quantitative estimate of drug-likeness (QED) is 0.0426. The zero-order chi connectivity index (χ0) is 40.7. The maximum absolute atomic E-state index is 12.3. The number of carbonyl (C=O) groups excluding carboxylic acids is 1. The maximum Gasteiger partial charge on any atom is 0.220 e. The lowest BCUT2D eigenvalue weighted by atomic mass is 10.0. The summed E-state index contributed by atoms with van der Waals surface area (Å²) >= 11 is 0. The first kappa shape index (κ1) is 53.8. The molecular weight excluding hydrogens is 687 g/mol. The molecule has 0 aliphatic rings. The summed E-state index contributed by atoms with van der Waals surface area (Å²) in [7, 11) is 0. The molecule has 0 spiro atoms. The predicted octanol–water partition coefficient (Wildman–Crippen LogP) is 15.5. The molecule has 0 aromatic carbocycles. The summed E-state index contributed by atoms with van der Waals surface area (Å²) in [4.78, 5) is 12.3. The molecule has 0 radical (unpaired) electrons. The van der Waals surface area contributed by atoms with E-state index in [9.17, 15) is 15.0 Å². The van der Waals surface area contributed by atoms with Gasteiger partial charge >= 0.3 is 0 Å². The van der Waals surface area contributed by atoms with Gasteiger partial charge in [-0.25, -0.2) is 0 Å². The highest BCUT2D eigenvalue weighted by molar-refractivity contribution is 5.76. The van der Waals surface area contributed by atoms with Gasteiger partial charge in [0.05, 0.1) is 18.8 Å². The number of rotatable bonds is 43. The number of allylic oxidation sites excluding steroid dienone is 12. The summed E-state index contributed by atoms with van der Waals surface area (Å²) in [6, 6.07) is -0.534. The third-order valence-corrected chi connectivity index (χ3v) is 10.7. The fourth-order valence-electron chi connectivity index (χ4n) is 7.07. The molecule has 1 amide bonds. The number of carbonyl (C=O) groups is 1. The third kappa shape index (κ3) is 43.0. The van der Waals surface area contributed by atoms with Crippen LogP contribution in [0.2, 0.25) is 0 Å². The summed E-state index contributed by atoms with van der Waals surface area (Å²) in [5.41, 5.74) is 0. The fourth-order valence-corrected chi connectivity index (χ4v) is 7.07. The van der Waals surface area contributed by atoms with Crippen LogP contribution < -0.4 is 5.32 Å². The molecule has 0 aliphatic carbocycles. The van der Waals surface area contributed by atoms with E-state index >= 15 is 0 Å². The van der Waals surface area contributed by atoms with Gasteiger partial charge in [0.25, 0.3) is 0 Å². The van der Waals surface area contributed by atoms with E-state index in [1.807, 2.05) is 0 Å². The molecule has 56 heavy (non-hydrogen) atoms. The second kappa shape index (κ2) is 47.2. The third-order valence-electron chi connectivity index (χ3n) is 10.7. The molecule has 0 saturated carbocycles. The van der Waals surface area contributed by atoms with E-state index in [1.54, 1.807) is 0 Å². The van der Waals surface area contributed by atoms with Crippen molar-refractivity contribution in [2.45, 2.75) is 244 Å². The molecule has 0 saturated heterocycles. The normalized spacial score (nSPS) is 13.6. The van der Waals surface area contributed by atoms with Crippen LogP contribution in [0.25, 0.3) is 0 Å². The van der Waals surface area contributed by atoms with E-state index in [4.69, 9.17) is 0 Å². The van der Waals surface area contributed by atoms with Crippen LogP contribution in [-0.4, -0.2) is 34.9 Å². The summed E-state index contributed by atoms with van der Waals surface area (Å²) in [5.74, 6) is -0.0360. The molecule has 0 rings (SSSR count). The van der Waals surface area contributed by atoms with Gasteiger partial charge in [0.1, 0.15) is 0 Å². The van der Waals surface area contributed by atoms with Gasteiger partial charge in [-0.15, -0.1) is 0 Å². The summed E-state index contributed by atoms with van der Waals surface area (Å²) in [6.45, 7) is 4.20. The lowest BCUT2D eigenvalue weighted by Gasteiger charge is -2.22. The van der Waals surface area contributed by atoms with Gasteiger partial charge in [0, 0.05) is 6.42 Å². The van der Waals surface area contributed by atoms with E-state index in [-0.39, 0.29) is 12.5 Å². The highest BCUT2D eigenvalue weighted by atomic mass is 16.3. The number of aliphatic hydroxyl groups is 2. The molecule has 3 N–H and O–H groups in total. The van der Waals surface area contributed by atoms with Crippen LogP contribution >= 0.6 is 0 Å². The van der Waals surface area contributed by atoms with Crippen molar-refractivity contribution in [2.75, 3.05) is 6.61 Å². The highest BCUT2D eigenvalue weighted by Gasteiger charge is 2.20. The Morgan fingerprint density at radius 3 is 1.18 bits per heavy atom. The van der Waals surface area contributed by atoms with Crippen LogP contribution in [0.3, 0.4) is 0 Å². The van der Waals surface area contributed by atoms with Gasteiger partial charge in [0.15, 0.2) is 0 Å². The number of unbranched alkanes of at least 4 members (excludes halogenated alkanes) is 24.